The smallest absolute Gasteiger partial charge is 0.271 e. The molecular weight excluding hydrogens is 266 g/mol. The maximum absolute atomic E-state index is 11.9. The lowest BCUT2D eigenvalue weighted by Gasteiger charge is -2.19. The zero-order chi connectivity index (χ0) is 15.5. The lowest BCUT2D eigenvalue weighted by atomic mass is 10.3. The average Bonchev–Trinajstić information content (AvgIpc) is 2.52. The Morgan fingerprint density at radius 3 is 2.48 bits per heavy atom. The van der Waals surface area contributed by atoms with Crippen molar-refractivity contribution in [3.05, 3.63) is 17.8 Å². The van der Waals surface area contributed by atoms with Gasteiger partial charge in [0.1, 0.15) is 5.82 Å². The first-order valence-electron chi connectivity index (χ1n) is 7.79. The van der Waals surface area contributed by atoms with Crippen LogP contribution in [0.2, 0.25) is 0 Å². The van der Waals surface area contributed by atoms with Crippen LogP contribution in [0.15, 0.2) is 12.1 Å². The van der Waals surface area contributed by atoms with Crippen molar-refractivity contribution in [2.75, 3.05) is 38.0 Å². The molecule has 1 heterocycles. The number of aromatic nitrogens is 2. The highest BCUT2D eigenvalue weighted by Gasteiger charge is 2.08. The van der Waals surface area contributed by atoms with Gasteiger partial charge < -0.3 is 15.5 Å². The van der Waals surface area contributed by atoms with E-state index in [1.807, 2.05) is 0 Å². The van der Waals surface area contributed by atoms with Gasteiger partial charge in [-0.1, -0.05) is 20.8 Å². The summed E-state index contributed by atoms with van der Waals surface area (Å²) in [6.07, 6.45) is 2.15. The van der Waals surface area contributed by atoms with Gasteiger partial charge in [-0.05, 0) is 38.1 Å². The summed E-state index contributed by atoms with van der Waals surface area (Å²) in [5, 5.41) is 14.0. The van der Waals surface area contributed by atoms with Crippen molar-refractivity contribution in [2.45, 2.75) is 33.6 Å². The molecule has 6 heteroatoms. The lowest BCUT2D eigenvalue weighted by molar-refractivity contribution is 0.0942. The molecule has 1 aromatic rings. The summed E-state index contributed by atoms with van der Waals surface area (Å²) in [7, 11) is 0. The number of rotatable bonds is 10. The fourth-order valence-electron chi connectivity index (χ4n) is 1.96. The molecule has 0 saturated carbocycles. The molecule has 21 heavy (non-hydrogen) atoms. The third-order valence-electron chi connectivity index (χ3n) is 3.15. The van der Waals surface area contributed by atoms with E-state index < -0.39 is 0 Å². The highest BCUT2D eigenvalue weighted by molar-refractivity contribution is 5.92. The minimum absolute atomic E-state index is 0.169. The molecular formula is C15H27N5O. The zero-order valence-corrected chi connectivity index (χ0v) is 13.4. The monoisotopic (exact) mass is 293 g/mol. The Labute approximate surface area is 127 Å². The van der Waals surface area contributed by atoms with E-state index in [1.165, 1.54) is 0 Å². The number of hydrogen-bond acceptors (Lipinski definition) is 5. The zero-order valence-electron chi connectivity index (χ0n) is 13.4. The molecule has 0 aliphatic carbocycles. The first-order valence-corrected chi connectivity index (χ1v) is 7.79. The quantitative estimate of drug-likeness (QED) is 0.688. The van der Waals surface area contributed by atoms with Gasteiger partial charge in [-0.15, -0.1) is 10.2 Å². The van der Waals surface area contributed by atoms with E-state index in [4.69, 9.17) is 0 Å². The molecule has 1 amide bonds. The molecule has 0 bridgehead atoms. The standard InChI is InChI=1S/C15H27N5O/c1-4-9-16-14-8-7-13(18-19-14)15(21)17-10-12-20(6-3)11-5-2/h7-8H,4-6,9-12H2,1-3H3,(H,16,19)(H,17,21). The third kappa shape index (κ3) is 6.53. The predicted octanol–water partition coefficient (Wildman–Crippen LogP) is 1.76. The molecule has 0 unspecified atom stereocenters. The van der Waals surface area contributed by atoms with Crippen LogP contribution in [0.3, 0.4) is 0 Å². The van der Waals surface area contributed by atoms with Crippen LogP contribution < -0.4 is 10.6 Å². The highest BCUT2D eigenvalue weighted by Crippen LogP contribution is 2.02. The van der Waals surface area contributed by atoms with Gasteiger partial charge in [-0.3, -0.25) is 4.79 Å². The summed E-state index contributed by atoms with van der Waals surface area (Å²) in [6.45, 7) is 10.8. The third-order valence-corrected chi connectivity index (χ3v) is 3.15. The number of amides is 1. The van der Waals surface area contributed by atoms with Crippen molar-refractivity contribution < 1.29 is 4.79 Å². The minimum Gasteiger partial charge on any atom is -0.369 e. The topological polar surface area (TPSA) is 70.2 Å². The number of nitrogens with one attached hydrogen (secondary N) is 2. The summed E-state index contributed by atoms with van der Waals surface area (Å²) in [5.74, 6) is 0.533. The normalized spacial score (nSPS) is 10.7. The van der Waals surface area contributed by atoms with E-state index in [9.17, 15) is 4.79 Å². The van der Waals surface area contributed by atoms with E-state index in [0.717, 1.165) is 39.0 Å². The van der Waals surface area contributed by atoms with Gasteiger partial charge in [0.05, 0.1) is 0 Å². The molecule has 1 aromatic heterocycles. The van der Waals surface area contributed by atoms with Crippen LogP contribution in [-0.2, 0) is 0 Å². The van der Waals surface area contributed by atoms with Crippen LogP contribution in [0.1, 0.15) is 44.1 Å². The van der Waals surface area contributed by atoms with Crippen molar-refractivity contribution in [2.24, 2.45) is 0 Å². The highest BCUT2D eigenvalue weighted by atomic mass is 16.1. The summed E-state index contributed by atoms with van der Waals surface area (Å²) in [5.41, 5.74) is 0.357. The van der Waals surface area contributed by atoms with Gasteiger partial charge in [0.15, 0.2) is 5.69 Å². The SMILES string of the molecule is CCCNc1ccc(C(=O)NCCN(CC)CCC)nn1. The molecule has 0 aliphatic heterocycles. The first kappa shape index (κ1) is 17.4. The van der Waals surface area contributed by atoms with E-state index in [-0.39, 0.29) is 5.91 Å². The average molecular weight is 293 g/mol. The number of nitrogens with zero attached hydrogens (tertiary/aromatic N) is 3. The molecule has 0 aromatic carbocycles. The predicted molar refractivity (Wildman–Crippen MR) is 85.6 cm³/mol. The fraction of sp³-hybridized carbons (Fsp3) is 0.667. The van der Waals surface area contributed by atoms with Gasteiger partial charge >= 0.3 is 0 Å². The fourth-order valence-corrected chi connectivity index (χ4v) is 1.96. The molecule has 0 radical (unpaired) electrons. The van der Waals surface area contributed by atoms with Gasteiger partial charge in [-0.25, -0.2) is 0 Å². The van der Waals surface area contributed by atoms with Crippen molar-refractivity contribution >= 4 is 11.7 Å². The van der Waals surface area contributed by atoms with Crippen LogP contribution in [0.5, 0.6) is 0 Å². The lowest BCUT2D eigenvalue weighted by Crippen LogP contribution is -2.35. The summed E-state index contributed by atoms with van der Waals surface area (Å²) >= 11 is 0. The largest absolute Gasteiger partial charge is 0.369 e. The van der Waals surface area contributed by atoms with Crippen molar-refractivity contribution in [3.63, 3.8) is 0 Å². The second-order valence-electron chi connectivity index (χ2n) is 4.92. The van der Waals surface area contributed by atoms with E-state index >= 15 is 0 Å². The van der Waals surface area contributed by atoms with Gasteiger partial charge in [-0.2, -0.15) is 0 Å². The van der Waals surface area contributed by atoms with Crippen molar-refractivity contribution in [1.29, 1.82) is 0 Å². The summed E-state index contributed by atoms with van der Waals surface area (Å²) < 4.78 is 0. The first-order chi connectivity index (χ1) is 10.2. The van der Waals surface area contributed by atoms with E-state index in [0.29, 0.717) is 18.1 Å². The van der Waals surface area contributed by atoms with Crippen LogP contribution in [0.4, 0.5) is 5.82 Å². The molecule has 118 valence electrons. The molecule has 0 fully saturated rings. The molecule has 0 atom stereocenters. The number of likely N-dealkylation sites (N-methyl/N-ethyl adjacent to an activating group) is 1. The molecule has 0 spiro atoms. The number of carbonyl (C=O) groups is 1. The van der Waals surface area contributed by atoms with E-state index in [2.05, 4.69) is 46.5 Å². The number of hydrogen-bond donors (Lipinski definition) is 2. The number of carbonyl (C=O) groups excluding carboxylic acids is 1. The van der Waals surface area contributed by atoms with Crippen molar-refractivity contribution in [1.82, 2.24) is 20.4 Å². The molecule has 1 rings (SSSR count). The molecule has 0 aliphatic rings. The Hall–Kier alpha value is -1.69. The maximum Gasteiger partial charge on any atom is 0.271 e. The van der Waals surface area contributed by atoms with Crippen LogP contribution >= 0.6 is 0 Å². The van der Waals surface area contributed by atoms with Crippen molar-refractivity contribution in [3.8, 4) is 0 Å². The second-order valence-corrected chi connectivity index (χ2v) is 4.92. The molecule has 0 saturated heterocycles. The second kappa shape index (κ2) is 10.1. The Morgan fingerprint density at radius 1 is 1.10 bits per heavy atom. The van der Waals surface area contributed by atoms with Gasteiger partial charge in [0.2, 0.25) is 0 Å². The Bertz CT molecular complexity index is 407. The molecule has 2 N–H and O–H groups in total. The Kier molecular flexibility index (Phi) is 8.35. The Morgan fingerprint density at radius 2 is 1.90 bits per heavy atom. The van der Waals surface area contributed by atoms with E-state index in [1.54, 1.807) is 12.1 Å². The van der Waals surface area contributed by atoms with Crippen LogP contribution in [-0.4, -0.2) is 53.7 Å². The summed E-state index contributed by atoms with van der Waals surface area (Å²) in [4.78, 5) is 14.3. The summed E-state index contributed by atoms with van der Waals surface area (Å²) in [6, 6.07) is 3.48. The van der Waals surface area contributed by atoms with Crippen LogP contribution in [0.25, 0.3) is 0 Å². The Balaban J connectivity index is 2.37. The molecule has 6 nitrogen and oxygen atoms in total. The minimum atomic E-state index is -0.169. The maximum atomic E-state index is 11.9. The van der Waals surface area contributed by atoms with Gasteiger partial charge in [0.25, 0.3) is 5.91 Å². The van der Waals surface area contributed by atoms with Crippen LogP contribution in [0, 0.1) is 0 Å². The number of anilines is 1. The van der Waals surface area contributed by atoms with Gasteiger partial charge in [0, 0.05) is 19.6 Å².